The van der Waals surface area contributed by atoms with Crippen molar-refractivity contribution in [2.24, 2.45) is 4.99 Å². The normalized spacial score (nSPS) is 11.6. The van der Waals surface area contributed by atoms with Gasteiger partial charge in [0.25, 0.3) is 0 Å². The molecule has 0 saturated carbocycles. The highest BCUT2D eigenvalue weighted by atomic mass is 16.5. The molecule has 0 unspecified atom stereocenters. The minimum Gasteiger partial charge on any atom is -0.459 e. The predicted octanol–water partition coefficient (Wildman–Crippen LogP) is 1.51. The van der Waals surface area contributed by atoms with Gasteiger partial charge in [-0.1, -0.05) is 18.2 Å². The average molecular weight is 346 g/mol. The lowest BCUT2D eigenvalue weighted by molar-refractivity contribution is -0.127. The minimum atomic E-state index is -0.0623. The van der Waals surface area contributed by atoms with Crippen LogP contribution in [-0.4, -0.2) is 57.7 Å². The number of ether oxygens (including phenoxy) is 1. The lowest BCUT2D eigenvalue weighted by Crippen LogP contribution is -2.39. The number of fused-ring (bicyclic) bond motifs is 1. The highest BCUT2D eigenvalue weighted by Gasteiger charge is 2.11. The Morgan fingerprint density at radius 2 is 2.04 bits per heavy atom. The van der Waals surface area contributed by atoms with Crippen LogP contribution < -0.4 is 10.6 Å². The van der Waals surface area contributed by atoms with E-state index in [1.165, 1.54) is 4.90 Å². The van der Waals surface area contributed by atoms with E-state index in [4.69, 9.17) is 9.15 Å². The fraction of sp³-hybridized carbons (Fsp3) is 0.444. The third-order valence-corrected chi connectivity index (χ3v) is 3.83. The lowest BCUT2D eigenvalue weighted by atomic mass is 10.1. The van der Waals surface area contributed by atoms with Gasteiger partial charge in [-0.15, -0.1) is 0 Å². The van der Waals surface area contributed by atoms with Gasteiger partial charge in [-0.05, 0) is 13.0 Å². The summed E-state index contributed by atoms with van der Waals surface area (Å²) < 4.78 is 10.9. The number of likely N-dealkylation sites (N-methyl/N-ethyl adjacent to an activating group) is 1. The number of hydrogen-bond donors (Lipinski definition) is 2. The van der Waals surface area contributed by atoms with E-state index in [1.807, 2.05) is 31.2 Å². The van der Waals surface area contributed by atoms with Crippen LogP contribution in [0, 0.1) is 6.92 Å². The molecule has 7 heteroatoms. The smallest absolute Gasteiger partial charge is 0.243 e. The second-order valence-corrected chi connectivity index (χ2v) is 5.87. The molecule has 0 radical (unpaired) electrons. The molecule has 0 bridgehead atoms. The Balaban J connectivity index is 2.05. The Labute approximate surface area is 148 Å². The first-order chi connectivity index (χ1) is 12.0. The highest BCUT2D eigenvalue weighted by Crippen LogP contribution is 2.24. The number of hydrogen-bond acceptors (Lipinski definition) is 4. The lowest BCUT2D eigenvalue weighted by Gasteiger charge is -2.13. The SMILES string of the molecule is COCCNC(=NCC(=O)N(C)C)NCc1oc2ccccc2c1C. The first kappa shape index (κ1) is 18.8. The summed E-state index contributed by atoms with van der Waals surface area (Å²) in [5, 5.41) is 7.45. The summed E-state index contributed by atoms with van der Waals surface area (Å²) >= 11 is 0. The van der Waals surface area contributed by atoms with Gasteiger partial charge < -0.3 is 24.7 Å². The number of methoxy groups -OCH3 is 1. The topological polar surface area (TPSA) is 79.1 Å². The fourth-order valence-corrected chi connectivity index (χ4v) is 2.29. The van der Waals surface area contributed by atoms with Gasteiger partial charge in [0.1, 0.15) is 17.9 Å². The van der Waals surface area contributed by atoms with Crippen LogP contribution in [-0.2, 0) is 16.1 Å². The van der Waals surface area contributed by atoms with E-state index in [1.54, 1.807) is 21.2 Å². The number of carbonyl (C=O) groups excluding carboxylic acids is 1. The maximum atomic E-state index is 11.7. The maximum Gasteiger partial charge on any atom is 0.243 e. The van der Waals surface area contributed by atoms with Crippen LogP contribution in [0.4, 0.5) is 0 Å². The number of guanidine groups is 1. The molecule has 0 saturated heterocycles. The van der Waals surface area contributed by atoms with E-state index >= 15 is 0 Å². The predicted molar refractivity (Wildman–Crippen MR) is 98.7 cm³/mol. The second-order valence-electron chi connectivity index (χ2n) is 5.87. The number of rotatable bonds is 7. The van der Waals surface area contributed by atoms with Crippen LogP contribution in [0.15, 0.2) is 33.7 Å². The molecule has 1 aromatic carbocycles. The molecule has 1 aromatic heterocycles. The minimum absolute atomic E-state index is 0.0623. The van der Waals surface area contributed by atoms with Crippen LogP contribution in [0.1, 0.15) is 11.3 Å². The summed E-state index contributed by atoms with van der Waals surface area (Å²) in [5.74, 6) is 1.33. The molecule has 2 aromatic rings. The van der Waals surface area contributed by atoms with Crippen molar-refractivity contribution in [2.75, 3.05) is 40.9 Å². The number of furan rings is 1. The van der Waals surface area contributed by atoms with Crippen molar-refractivity contribution in [3.63, 3.8) is 0 Å². The van der Waals surface area contributed by atoms with Crippen molar-refractivity contribution < 1.29 is 13.9 Å². The number of amides is 1. The Morgan fingerprint density at radius 1 is 1.28 bits per heavy atom. The zero-order valence-electron chi connectivity index (χ0n) is 15.3. The zero-order valence-corrected chi connectivity index (χ0v) is 15.3. The number of nitrogens with zero attached hydrogens (tertiary/aromatic N) is 2. The Kier molecular flexibility index (Phi) is 6.82. The van der Waals surface area contributed by atoms with E-state index < -0.39 is 0 Å². The van der Waals surface area contributed by atoms with Gasteiger partial charge in [0, 0.05) is 38.7 Å². The summed E-state index contributed by atoms with van der Waals surface area (Å²) in [5.41, 5.74) is 1.97. The molecule has 0 atom stereocenters. The van der Waals surface area contributed by atoms with E-state index in [0.717, 1.165) is 22.3 Å². The van der Waals surface area contributed by atoms with Crippen LogP contribution in [0.2, 0.25) is 0 Å². The number of aryl methyl sites for hydroxylation is 1. The maximum absolute atomic E-state index is 11.7. The first-order valence-corrected chi connectivity index (χ1v) is 8.21. The summed E-state index contributed by atoms with van der Waals surface area (Å²) in [6.07, 6.45) is 0. The highest BCUT2D eigenvalue weighted by molar-refractivity contribution is 5.85. The second kappa shape index (κ2) is 9.08. The summed E-state index contributed by atoms with van der Waals surface area (Å²) in [7, 11) is 5.06. The van der Waals surface area contributed by atoms with E-state index in [0.29, 0.717) is 25.7 Å². The molecule has 1 amide bonds. The molecule has 0 aliphatic heterocycles. The molecule has 0 aliphatic rings. The van der Waals surface area contributed by atoms with Gasteiger partial charge in [-0.2, -0.15) is 0 Å². The summed E-state index contributed by atoms with van der Waals surface area (Å²) in [6.45, 7) is 3.74. The molecule has 25 heavy (non-hydrogen) atoms. The number of nitrogens with one attached hydrogen (secondary N) is 2. The van der Waals surface area contributed by atoms with Crippen molar-refractivity contribution in [1.82, 2.24) is 15.5 Å². The Hall–Kier alpha value is -2.54. The summed E-state index contributed by atoms with van der Waals surface area (Å²) in [4.78, 5) is 17.6. The number of para-hydroxylation sites is 1. The average Bonchev–Trinajstić information content (AvgIpc) is 2.93. The van der Waals surface area contributed by atoms with Gasteiger partial charge >= 0.3 is 0 Å². The largest absolute Gasteiger partial charge is 0.459 e. The summed E-state index contributed by atoms with van der Waals surface area (Å²) in [6, 6.07) is 7.94. The number of carbonyl (C=O) groups is 1. The molecule has 0 aliphatic carbocycles. The number of benzene rings is 1. The van der Waals surface area contributed by atoms with E-state index in [-0.39, 0.29) is 12.5 Å². The first-order valence-electron chi connectivity index (χ1n) is 8.21. The molecular formula is C18H26N4O3. The van der Waals surface area contributed by atoms with Crippen LogP contribution in [0.25, 0.3) is 11.0 Å². The molecule has 7 nitrogen and oxygen atoms in total. The van der Waals surface area contributed by atoms with Gasteiger partial charge in [0.05, 0.1) is 13.2 Å². The molecule has 1 heterocycles. The zero-order chi connectivity index (χ0) is 18.2. The fourth-order valence-electron chi connectivity index (χ4n) is 2.29. The van der Waals surface area contributed by atoms with Crippen molar-refractivity contribution in [3.05, 3.63) is 35.6 Å². The molecule has 0 fully saturated rings. The molecule has 0 spiro atoms. The third kappa shape index (κ3) is 5.22. The number of aliphatic imine (C=N–C) groups is 1. The van der Waals surface area contributed by atoms with Gasteiger partial charge in [-0.25, -0.2) is 4.99 Å². The van der Waals surface area contributed by atoms with E-state index in [9.17, 15) is 4.79 Å². The van der Waals surface area contributed by atoms with E-state index in [2.05, 4.69) is 15.6 Å². The van der Waals surface area contributed by atoms with Crippen LogP contribution in [0.5, 0.6) is 0 Å². The third-order valence-electron chi connectivity index (χ3n) is 3.83. The van der Waals surface area contributed by atoms with Crippen molar-refractivity contribution in [2.45, 2.75) is 13.5 Å². The van der Waals surface area contributed by atoms with Gasteiger partial charge in [0.15, 0.2) is 5.96 Å². The molecule has 2 N–H and O–H groups in total. The Bertz CT molecular complexity index is 737. The monoisotopic (exact) mass is 346 g/mol. The standard InChI is InChI=1S/C18H26N4O3/c1-13-14-7-5-6-8-15(14)25-16(13)11-20-18(19-9-10-24-4)21-12-17(23)22(2)3/h5-8H,9-12H2,1-4H3,(H2,19,20,21). The Morgan fingerprint density at radius 3 is 2.72 bits per heavy atom. The van der Waals surface area contributed by atoms with Crippen molar-refractivity contribution >= 4 is 22.8 Å². The van der Waals surface area contributed by atoms with Gasteiger partial charge in [-0.3, -0.25) is 4.79 Å². The quantitative estimate of drug-likeness (QED) is 0.451. The van der Waals surface area contributed by atoms with Crippen LogP contribution >= 0.6 is 0 Å². The van der Waals surface area contributed by atoms with Gasteiger partial charge in [0.2, 0.25) is 5.91 Å². The van der Waals surface area contributed by atoms with Crippen LogP contribution in [0.3, 0.4) is 0 Å². The van der Waals surface area contributed by atoms with Crippen molar-refractivity contribution in [1.29, 1.82) is 0 Å². The van der Waals surface area contributed by atoms with Crippen molar-refractivity contribution in [3.8, 4) is 0 Å². The molecule has 2 rings (SSSR count). The molecular weight excluding hydrogens is 320 g/mol. The molecule has 136 valence electrons.